The Morgan fingerprint density at radius 1 is 1.10 bits per heavy atom. The molecule has 1 aromatic heterocycles. The van der Waals surface area contributed by atoms with Gasteiger partial charge in [0.2, 0.25) is 0 Å². The highest BCUT2D eigenvalue weighted by Gasteiger charge is 2.10. The lowest BCUT2D eigenvalue weighted by Crippen LogP contribution is -2.10. The summed E-state index contributed by atoms with van der Waals surface area (Å²) in [5.41, 5.74) is 3.27. The van der Waals surface area contributed by atoms with E-state index < -0.39 is 0 Å². The van der Waals surface area contributed by atoms with Gasteiger partial charge in [0.05, 0.1) is 6.54 Å². The smallest absolute Gasteiger partial charge is 0.182 e. The van der Waals surface area contributed by atoms with Gasteiger partial charge in [0, 0.05) is 17.3 Å². The first kappa shape index (κ1) is 13.6. The van der Waals surface area contributed by atoms with E-state index in [1.54, 1.807) is 19.1 Å². The molecule has 0 amide bonds. The summed E-state index contributed by atoms with van der Waals surface area (Å²) in [5, 5.41) is 1.12. The Morgan fingerprint density at radius 2 is 1.90 bits per heavy atom. The van der Waals surface area contributed by atoms with Crippen molar-refractivity contribution in [2.75, 3.05) is 0 Å². The van der Waals surface area contributed by atoms with Crippen molar-refractivity contribution in [3.05, 3.63) is 71.2 Å². The van der Waals surface area contributed by atoms with Crippen molar-refractivity contribution in [2.24, 2.45) is 0 Å². The summed E-state index contributed by atoms with van der Waals surface area (Å²) in [6.45, 7) is 3.97. The number of fused-ring (bicyclic) bond motifs is 1. The first-order chi connectivity index (χ1) is 10.0. The minimum absolute atomic E-state index is 0.0174. The third-order valence-electron chi connectivity index (χ3n) is 3.72. The second-order valence-corrected chi connectivity index (χ2v) is 5.39. The van der Waals surface area contributed by atoms with Gasteiger partial charge < -0.3 is 4.57 Å². The average molecular weight is 281 g/mol. The SMILES string of the molecule is Cc1ccc2c(ccn2CC(=O)c2ccc(F)c(C)c2)c1. The summed E-state index contributed by atoms with van der Waals surface area (Å²) < 4.78 is 15.2. The molecule has 3 heteroatoms. The van der Waals surface area contributed by atoms with Crippen LogP contribution in [0.3, 0.4) is 0 Å². The number of carbonyl (C=O) groups is 1. The van der Waals surface area contributed by atoms with Gasteiger partial charge in [0.1, 0.15) is 5.82 Å². The van der Waals surface area contributed by atoms with Crippen LogP contribution in [0, 0.1) is 19.7 Å². The first-order valence-electron chi connectivity index (χ1n) is 6.89. The van der Waals surface area contributed by atoms with Crippen molar-refractivity contribution < 1.29 is 9.18 Å². The van der Waals surface area contributed by atoms with E-state index in [-0.39, 0.29) is 18.1 Å². The zero-order valence-corrected chi connectivity index (χ0v) is 12.1. The van der Waals surface area contributed by atoms with Crippen molar-refractivity contribution in [2.45, 2.75) is 20.4 Å². The van der Waals surface area contributed by atoms with E-state index >= 15 is 0 Å². The van der Waals surface area contributed by atoms with Crippen LogP contribution in [0.25, 0.3) is 10.9 Å². The molecule has 2 nitrogen and oxygen atoms in total. The highest BCUT2D eigenvalue weighted by Crippen LogP contribution is 2.18. The van der Waals surface area contributed by atoms with E-state index in [2.05, 4.69) is 6.07 Å². The highest BCUT2D eigenvalue weighted by atomic mass is 19.1. The van der Waals surface area contributed by atoms with Crippen LogP contribution in [-0.2, 0) is 6.54 Å². The second kappa shape index (κ2) is 5.17. The molecule has 3 aromatic rings. The molecule has 21 heavy (non-hydrogen) atoms. The minimum atomic E-state index is -0.284. The zero-order chi connectivity index (χ0) is 15.0. The lowest BCUT2D eigenvalue weighted by molar-refractivity contribution is 0.0973. The van der Waals surface area contributed by atoms with Gasteiger partial charge in [-0.15, -0.1) is 0 Å². The summed E-state index contributed by atoms with van der Waals surface area (Å²) in [4.78, 5) is 12.3. The first-order valence-corrected chi connectivity index (χ1v) is 6.89. The van der Waals surface area contributed by atoms with Gasteiger partial charge in [-0.2, -0.15) is 0 Å². The van der Waals surface area contributed by atoms with Crippen LogP contribution in [0.5, 0.6) is 0 Å². The summed E-state index contributed by atoms with van der Waals surface area (Å²) in [6.07, 6.45) is 1.92. The normalized spacial score (nSPS) is 11.0. The molecular formula is C18H16FNO. The minimum Gasteiger partial charge on any atom is -0.340 e. The van der Waals surface area contributed by atoms with Crippen LogP contribution in [0.4, 0.5) is 4.39 Å². The third kappa shape index (κ3) is 2.59. The number of rotatable bonds is 3. The molecule has 0 N–H and O–H groups in total. The van der Waals surface area contributed by atoms with E-state index in [4.69, 9.17) is 0 Å². The largest absolute Gasteiger partial charge is 0.340 e. The monoisotopic (exact) mass is 281 g/mol. The summed E-state index contributed by atoms with van der Waals surface area (Å²) in [5.74, 6) is -0.301. The molecule has 0 radical (unpaired) electrons. The number of carbonyl (C=O) groups excluding carboxylic acids is 1. The highest BCUT2D eigenvalue weighted by molar-refractivity contribution is 5.97. The number of nitrogens with zero attached hydrogens (tertiary/aromatic N) is 1. The molecule has 3 rings (SSSR count). The Bertz CT molecular complexity index is 832. The van der Waals surface area contributed by atoms with Gasteiger partial charge in [-0.25, -0.2) is 4.39 Å². The Hall–Kier alpha value is -2.42. The Balaban J connectivity index is 1.91. The van der Waals surface area contributed by atoms with Crippen molar-refractivity contribution in [3.8, 4) is 0 Å². The summed E-state index contributed by atoms with van der Waals surface area (Å²) >= 11 is 0. The molecular weight excluding hydrogens is 265 g/mol. The Morgan fingerprint density at radius 3 is 2.67 bits per heavy atom. The van der Waals surface area contributed by atoms with Crippen LogP contribution in [0.1, 0.15) is 21.5 Å². The number of hydrogen-bond acceptors (Lipinski definition) is 1. The molecule has 0 aliphatic carbocycles. The van der Waals surface area contributed by atoms with Gasteiger partial charge >= 0.3 is 0 Å². The maximum Gasteiger partial charge on any atom is 0.182 e. The number of Topliss-reactive ketones (excluding diaryl/α,β-unsaturated/α-hetero) is 1. The standard InChI is InChI=1S/C18H16FNO/c1-12-3-6-17-14(9-12)7-8-20(17)11-18(21)15-4-5-16(19)13(2)10-15/h3-10H,11H2,1-2H3. The van der Waals surface area contributed by atoms with Crippen LogP contribution >= 0.6 is 0 Å². The van der Waals surface area contributed by atoms with E-state index in [1.165, 1.54) is 11.6 Å². The van der Waals surface area contributed by atoms with E-state index in [9.17, 15) is 9.18 Å². The topological polar surface area (TPSA) is 22.0 Å². The predicted octanol–water partition coefficient (Wildman–Crippen LogP) is 4.28. The number of aryl methyl sites for hydroxylation is 2. The second-order valence-electron chi connectivity index (χ2n) is 5.39. The van der Waals surface area contributed by atoms with Crippen molar-refractivity contribution in [1.82, 2.24) is 4.57 Å². The fraction of sp³-hybridized carbons (Fsp3) is 0.167. The van der Waals surface area contributed by atoms with Crippen LogP contribution < -0.4 is 0 Å². The lowest BCUT2D eigenvalue weighted by atomic mass is 10.1. The molecule has 0 aliphatic rings. The molecule has 0 saturated heterocycles. The zero-order valence-electron chi connectivity index (χ0n) is 12.1. The van der Waals surface area contributed by atoms with Gasteiger partial charge in [-0.3, -0.25) is 4.79 Å². The molecule has 0 saturated carbocycles. The average Bonchev–Trinajstić information content (AvgIpc) is 2.84. The van der Waals surface area contributed by atoms with Crippen LogP contribution in [0.15, 0.2) is 48.7 Å². The fourth-order valence-corrected chi connectivity index (χ4v) is 2.52. The van der Waals surface area contributed by atoms with E-state index in [1.807, 2.05) is 35.9 Å². The molecule has 1 heterocycles. The van der Waals surface area contributed by atoms with Gasteiger partial charge in [-0.05, 0) is 61.2 Å². The van der Waals surface area contributed by atoms with E-state index in [0.717, 1.165) is 10.9 Å². The summed E-state index contributed by atoms with van der Waals surface area (Å²) in [6, 6.07) is 12.6. The summed E-state index contributed by atoms with van der Waals surface area (Å²) in [7, 11) is 0. The molecule has 0 spiro atoms. The number of hydrogen-bond donors (Lipinski definition) is 0. The van der Waals surface area contributed by atoms with Gasteiger partial charge in [-0.1, -0.05) is 11.6 Å². The number of benzene rings is 2. The maximum atomic E-state index is 13.3. The molecule has 106 valence electrons. The molecule has 0 atom stereocenters. The number of aromatic nitrogens is 1. The number of halogens is 1. The molecule has 0 fully saturated rings. The Labute approximate surface area is 122 Å². The number of ketones is 1. The van der Waals surface area contributed by atoms with Crippen molar-refractivity contribution in [3.63, 3.8) is 0 Å². The van der Waals surface area contributed by atoms with Crippen LogP contribution in [0.2, 0.25) is 0 Å². The molecule has 0 unspecified atom stereocenters. The molecule has 0 aliphatic heterocycles. The fourth-order valence-electron chi connectivity index (χ4n) is 2.52. The lowest BCUT2D eigenvalue weighted by Gasteiger charge is -2.06. The Kier molecular flexibility index (Phi) is 3.34. The molecule has 2 aromatic carbocycles. The van der Waals surface area contributed by atoms with E-state index in [0.29, 0.717) is 11.1 Å². The van der Waals surface area contributed by atoms with Crippen LogP contribution in [-0.4, -0.2) is 10.4 Å². The predicted molar refractivity (Wildman–Crippen MR) is 82.1 cm³/mol. The third-order valence-corrected chi connectivity index (χ3v) is 3.72. The van der Waals surface area contributed by atoms with Gasteiger partial charge in [0.15, 0.2) is 5.78 Å². The van der Waals surface area contributed by atoms with Gasteiger partial charge in [0.25, 0.3) is 0 Å². The van der Waals surface area contributed by atoms with Crippen molar-refractivity contribution >= 4 is 16.7 Å². The van der Waals surface area contributed by atoms with Crippen molar-refractivity contribution in [1.29, 1.82) is 0 Å². The maximum absolute atomic E-state index is 13.3. The molecule has 0 bridgehead atoms. The quantitative estimate of drug-likeness (QED) is 0.657.